The lowest BCUT2D eigenvalue weighted by atomic mass is 10.5. The highest BCUT2D eigenvalue weighted by atomic mass is 35.5. The summed E-state index contributed by atoms with van der Waals surface area (Å²) < 4.78 is 0. The summed E-state index contributed by atoms with van der Waals surface area (Å²) in [5.41, 5.74) is 4.96. The van der Waals surface area contributed by atoms with Crippen molar-refractivity contribution < 1.29 is 0 Å². The summed E-state index contributed by atoms with van der Waals surface area (Å²) in [7, 11) is 0. The van der Waals surface area contributed by atoms with Gasteiger partial charge in [-0.15, -0.1) is 12.4 Å². The maximum absolute atomic E-state index is 10.3. The Labute approximate surface area is 57.5 Å². The highest BCUT2D eigenvalue weighted by Crippen LogP contribution is 1.80. The Kier molecular flexibility index (Phi) is 2.73. The second kappa shape index (κ2) is 3.09. The summed E-state index contributed by atoms with van der Waals surface area (Å²) in [4.78, 5) is 10.3. The zero-order chi connectivity index (χ0) is 5.98. The second-order valence-electron chi connectivity index (χ2n) is 1.37. The minimum Gasteiger partial charge on any atom is -0.384 e. The molecular weight excluding hydrogens is 142 g/mol. The van der Waals surface area contributed by atoms with Crippen molar-refractivity contribution in [2.45, 2.75) is 0 Å². The SMILES string of the molecule is Cl.Nc1cc(=O)cn[nH]1. The van der Waals surface area contributed by atoms with E-state index in [4.69, 9.17) is 5.73 Å². The third-order valence-corrected chi connectivity index (χ3v) is 0.683. The summed E-state index contributed by atoms with van der Waals surface area (Å²) in [5.74, 6) is 0.289. The fraction of sp³-hybridized carbons (Fsp3) is 0. The first-order valence-corrected chi connectivity index (χ1v) is 2.09. The molecule has 1 aromatic heterocycles. The topological polar surface area (TPSA) is 71.8 Å². The summed E-state index contributed by atoms with van der Waals surface area (Å²) in [5, 5.41) is 5.82. The molecule has 0 atom stereocenters. The van der Waals surface area contributed by atoms with Gasteiger partial charge in [0.2, 0.25) is 5.43 Å². The maximum atomic E-state index is 10.3. The number of halogens is 1. The minimum atomic E-state index is -0.179. The van der Waals surface area contributed by atoms with E-state index in [0.29, 0.717) is 0 Å². The Morgan fingerprint density at radius 2 is 2.33 bits per heavy atom. The molecule has 0 spiro atoms. The zero-order valence-electron chi connectivity index (χ0n) is 4.50. The van der Waals surface area contributed by atoms with Crippen LogP contribution in [0.4, 0.5) is 5.82 Å². The fourth-order valence-corrected chi connectivity index (χ4v) is 0.393. The van der Waals surface area contributed by atoms with Crippen LogP contribution >= 0.6 is 12.4 Å². The number of nitrogens with one attached hydrogen (secondary N) is 1. The molecule has 3 N–H and O–H groups in total. The fourth-order valence-electron chi connectivity index (χ4n) is 0.393. The number of hydrogen-bond donors (Lipinski definition) is 2. The second-order valence-corrected chi connectivity index (χ2v) is 1.37. The first-order valence-electron chi connectivity index (χ1n) is 2.09. The molecule has 1 aromatic rings. The molecule has 0 aliphatic heterocycles. The quantitative estimate of drug-likeness (QED) is 0.533. The van der Waals surface area contributed by atoms with Gasteiger partial charge in [0, 0.05) is 6.07 Å². The Balaban J connectivity index is 0.000000640. The van der Waals surface area contributed by atoms with Crippen LogP contribution in [0, 0.1) is 0 Å². The Bertz CT molecular complexity index is 233. The van der Waals surface area contributed by atoms with E-state index in [1.165, 1.54) is 6.07 Å². The number of nitrogens with two attached hydrogens (primary N) is 1. The standard InChI is InChI=1S/C4H5N3O.ClH/c5-4-1-3(8)2-6-7-4;/h1-2H,(H3,5,7,8);1H. The van der Waals surface area contributed by atoms with Crippen molar-refractivity contribution in [1.82, 2.24) is 10.2 Å². The van der Waals surface area contributed by atoms with Crippen molar-refractivity contribution in [3.8, 4) is 0 Å². The number of H-pyrrole nitrogens is 1. The molecule has 0 saturated carbocycles. The van der Waals surface area contributed by atoms with E-state index in [9.17, 15) is 4.79 Å². The average Bonchev–Trinajstić information content (AvgIpc) is 1.64. The molecule has 9 heavy (non-hydrogen) atoms. The van der Waals surface area contributed by atoms with Crippen molar-refractivity contribution in [2.75, 3.05) is 5.73 Å². The Morgan fingerprint density at radius 1 is 1.67 bits per heavy atom. The highest BCUT2D eigenvalue weighted by Gasteiger charge is 1.81. The zero-order valence-corrected chi connectivity index (χ0v) is 5.31. The minimum absolute atomic E-state index is 0. The summed E-state index contributed by atoms with van der Waals surface area (Å²) >= 11 is 0. The van der Waals surface area contributed by atoms with Crippen LogP contribution in [0.5, 0.6) is 0 Å². The predicted octanol–water partition coefficient (Wildman–Crippen LogP) is -0.226. The molecule has 4 nitrogen and oxygen atoms in total. The lowest BCUT2D eigenvalue weighted by Crippen LogP contribution is -2.03. The average molecular weight is 148 g/mol. The van der Waals surface area contributed by atoms with Crippen LogP contribution in [0.3, 0.4) is 0 Å². The number of aromatic nitrogens is 2. The van der Waals surface area contributed by atoms with Crippen LogP contribution in [0.25, 0.3) is 0 Å². The molecule has 0 unspecified atom stereocenters. The van der Waals surface area contributed by atoms with E-state index in [2.05, 4.69) is 10.2 Å². The van der Waals surface area contributed by atoms with E-state index in [1.54, 1.807) is 0 Å². The lowest BCUT2D eigenvalue weighted by molar-refractivity contribution is 1.03. The van der Waals surface area contributed by atoms with Gasteiger partial charge >= 0.3 is 0 Å². The van der Waals surface area contributed by atoms with E-state index < -0.39 is 0 Å². The van der Waals surface area contributed by atoms with E-state index in [1.807, 2.05) is 0 Å². The van der Waals surface area contributed by atoms with Crippen molar-refractivity contribution >= 4 is 18.2 Å². The summed E-state index contributed by atoms with van der Waals surface area (Å²) in [6.45, 7) is 0. The highest BCUT2D eigenvalue weighted by molar-refractivity contribution is 5.85. The van der Waals surface area contributed by atoms with Crippen molar-refractivity contribution in [3.05, 3.63) is 22.5 Å². The number of hydrogen-bond acceptors (Lipinski definition) is 3. The monoisotopic (exact) mass is 147 g/mol. The van der Waals surface area contributed by atoms with Crippen molar-refractivity contribution in [1.29, 1.82) is 0 Å². The summed E-state index contributed by atoms with van der Waals surface area (Å²) in [6, 6.07) is 1.27. The molecule has 0 bridgehead atoms. The van der Waals surface area contributed by atoms with Gasteiger partial charge in [-0.3, -0.25) is 9.89 Å². The molecule has 0 radical (unpaired) electrons. The number of rotatable bonds is 0. The van der Waals surface area contributed by atoms with Crippen LogP contribution in [0.2, 0.25) is 0 Å². The number of nitrogens with zero attached hydrogens (tertiary/aromatic N) is 1. The number of anilines is 1. The molecule has 0 amide bonds. The number of aromatic amines is 1. The Morgan fingerprint density at radius 3 is 2.67 bits per heavy atom. The van der Waals surface area contributed by atoms with E-state index >= 15 is 0 Å². The lowest BCUT2D eigenvalue weighted by Gasteiger charge is -1.84. The first-order chi connectivity index (χ1) is 3.79. The van der Waals surface area contributed by atoms with Gasteiger partial charge in [-0.2, -0.15) is 5.10 Å². The molecule has 1 heterocycles. The molecule has 0 aromatic carbocycles. The number of nitrogen functional groups attached to an aromatic ring is 1. The van der Waals surface area contributed by atoms with Gasteiger partial charge in [-0.1, -0.05) is 0 Å². The van der Waals surface area contributed by atoms with Gasteiger partial charge < -0.3 is 5.73 Å². The third kappa shape index (κ3) is 2.14. The molecule has 50 valence electrons. The van der Waals surface area contributed by atoms with Crippen molar-refractivity contribution in [3.63, 3.8) is 0 Å². The van der Waals surface area contributed by atoms with Crippen molar-refractivity contribution in [2.24, 2.45) is 0 Å². The molecule has 1 rings (SSSR count). The van der Waals surface area contributed by atoms with Crippen LogP contribution < -0.4 is 11.2 Å². The normalized spacial score (nSPS) is 8.00. The Hall–Kier alpha value is -1.03. The molecule has 0 saturated heterocycles. The van der Waals surface area contributed by atoms with E-state index in [-0.39, 0.29) is 23.7 Å². The van der Waals surface area contributed by atoms with Gasteiger partial charge in [-0.05, 0) is 0 Å². The van der Waals surface area contributed by atoms with Crippen LogP contribution in [-0.2, 0) is 0 Å². The molecule has 0 fully saturated rings. The van der Waals surface area contributed by atoms with Gasteiger partial charge in [0.05, 0.1) is 6.20 Å². The smallest absolute Gasteiger partial charge is 0.202 e. The molecule has 0 aliphatic rings. The third-order valence-electron chi connectivity index (χ3n) is 0.683. The van der Waals surface area contributed by atoms with Crippen LogP contribution in [-0.4, -0.2) is 10.2 Å². The predicted molar refractivity (Wildman–Crippen MR) is 36.5 cm³/mol. The summed E-state index contributed by atoms with van der Waals surface area (Å²) in [6.07, 6.45) is 1.16. The molecule has 5 heteroatoms. The van der Waals surface area contributed by atoms with Crippen LogP contribution in [0.1, 0.15) is 0 Å². The molecular formula is C4H6ClN3O. The van der Waals surface area contributed by atoms with Gasteiger partial charge in [0.1, 0.15) is 5.82 Å². The maximum Gasteiger partial charge on any atom is 0.202 e. The van der Waals surface area contributed by atoms with Gasteiger partial charge in [0.25, 0.3) is 0 Å². The van der Waals surface area contributed by atoms with Crippen LogP contribution in [0.15, 0.2) is 17.1 Å². The largest absolute Gasteiger partial charge is 0.384 e. The molecule has 0 aliphatic carbocycles. The first kappa shape index (κ1) is 7.97. The van der Waals surface area contributed by atoms with Gasteiger partial charge in [-0.25, -0.2) is 0 Å². The van der Waals surface area contributed by atoms with E-state index in [0.717, 1.165) is 6.20 Å². The van der Waals surface area contributed by atoms with Gasteiger partial charge in [0.15, 0.2) is 0 Å².